The van der Waals surface area contributed by atoms with Gasteiger partial charge in [-0.3, -0.25) is 19.3 Å². The predicted molar refractivity (Wildman–Crippen MR) is 206 cm³/mol. The molecule has 4 fully saturated rings. The van der Waals surface area contributed by atoms with E-state index in [0.29, 0.717) is 25.0 Å². The number of phenols is 1. The maximum Gasteiger partial charge on any atom is 0.246 e. The Bertz CT molecular complexity index is 1750. The maximum absolute atomic E-state index is 14.5. The highest BCUT2D eigenvalue weighted by Crippen LogP contribution is 2.31. The van der Waals surface area contributed by atoms with Crippen LogP contribution in [0.2, 0.25) is 0 Å². The van der Waals surface area contributed by atoms with Crippen LogP contribution in [0.1, 0.15) is 37.6 Å². The second-order valence-corrected chi connectivity index (χ2v) is 14.6. The van der Waals surface area contributed by atoms with E-state index in [0.717, 1.165) is 55.4 Å². The molecule has 0 bridgehead atoms. The number of likely N-dealkylation sites (N-methyl/N-ethyl adjacent to an activating group) is 1. The Labute approximate surface area is 313 Å². The average Bonchev–Trinajstić information content (AvgIpc) is 3.11. The summed E-state index contributed by atoms with van der Waals surface area (Å²) in [5.74, 6) is 0.503. The molecule has 3 atom stereocenters. The van der Waals surface area contributed by atoms with Gasteiger partial charge in [-0.25, -0.2) is 15.0 Å². The van der Waals surface area contributed by atoms with Crippen LogP contribution in [0.5, 0.6) is 5.75 Å². The number of aryl methyl sites for hydroxylation is 1. The summed E-state index contributed by atoms with van der Waals surface area (Å²) < 4.78 is 0. The monoisotopic (exact) mass is 722 g/mol. The molecular formula is C41H54N8O4. The lowest BCUT2D eigenvalue weighted by atomic mass is 9.98. The van der Waals surface area contributed by atoms with Gasteiger partial charge in [0.1, 0.15) is 23.8 Å². The fourth-order valence-corrected chi connectivity index (χ4v) is 8.24. The number of anilines is 1. The van der Waals surface area contributed by atoms with Gasteiger partial charge in [-0.2, -0.15) is 0 Å². The number of aromatic hydroxyl groups is 1. The van der Waals surface area contributed by atoms with Crippen molar-refractivity contribution in [2.45, 2.75) is 64.4 Å². The van der Waals surface area contributed by atoms with Gasteiger partial charge in [-0.1, -0.05) is 62.0 Å². The second-order valence-electron chi connectivity index (χ2n) is 14.6. The first-order chi connectivity index (χ1) is 25.2. The van der Waals surface area contributed by atoms with E-state index < -0.39 is 12.2 Å². The van der Waals surface area contributed by atoms with E-state index in [4.69, 9.17) is 4.98 Å². The van der Waals surface area contributed by atoms with Gasteiger partial charge >= 0.3 is 0 Å². The number of aromatic nitrogens is 1. The summed E-state index contributed by atoms with van der Waals surface area (Å²) >= 11 is 0. The highest BCUT2D eigenvalue weighted by atomic mass is 16.3. The number of pyridine rings is 1. The van der Waals surface area contributed by atoms with Crippen LogP contribution in [0.4, 0.5) is 5.82 Å². The summed E-state index contributed by atoms with van der Waals surface area (Å²) in [4.78, 5) is 58.3. The minimum absolute atomic E-state index is 0. The first-order valence-corrected chi connectivity index (χ1v) is 18.4. The smallest absolute Gasteiger partial charge is 0.246 e. The molecule has 0 spiro atoms. The zero-order valence-electron chi connectivity index (χ0n) is 30.3. The number of hydrogen-bond acceptors (Lipinski definition) is 9. The van der Waals surface area contributed by atoms with Crippen LogP contribution >= 0.6 is 0 Å². The van der Waals surface area contributed by atoms with Crippen LogP contribution in [0.15, 0.2) is 85.5 Å². The van der Waals surface area contributed by atoms with Gasteiger partial charge in [0.2, 0.25) is 17.7 Å². The Morgan fingerprint density at radius 3 is 2.42 bits per heavy atom. The Kier molecular flexibility index (Phi) is 11.8. The molecule has 7 rings (SSSR count). The van der Waals surface area contributed by atoms with E-state index in [1.54, 1.807) is 50.2 Å². The molecule has 12 heteroatoms. The quantitative estimate of drug-likeness (QED) is 0.299. The molecule has 4 aliphatic heterocycles. The lowest BCUT2D eigenvalue weighted by Crippen LogP contribution is -2.75. The molecule has 4 aliphatic rings. The number of hydrazine groups is 1. The number of carbonyl (C=O) groups excluding carboxylic acids is 3. The van der Waals surface area contributed by atoms with Gasteiger partial charge in [0.25, 0.3) is 0 Å². The van der Waals surface area contributed by atoms with E-state index in [1.807, 2.05) is 48.5 Å². The van der Waals surface area contributed by atoms with Crippen LogP contribution in [0.25, 0.3) is 0 Å². The number of rotatable bonds is 11. The number of carbonyl (C=O) groups is 3. The minimum Gasteiger partial charge on any atom is -0.508 e. The summed E-state index contributed by atoms with van der Waals surface area (Å²) in [6, 6.07) is 22.7. The van der Waals surface area contributed by atoms with Crippen molar-refractivity contribution >= 4 is 23.5 Å². The first-order valence-electron chi connectivity index (χ1n) is 18.4. The van der Waals surface area contributed by atoms with Gasteiger partial charge in [0.15, 0.2) is 0 Å². The Morgan fingerprint density at radius 1 is 0.943 bits per heavy atom. The molecule has 1 N–H and O–H groups in total. The lowest BCUT2D eigenvalue weighted by molar-refractivity contribution is -0.205. The molecule has 0 saturated carbocycles. The molecule has 1 unspecified atom stereocenters. The molecule has 4 saturated heterocycles. The molecule has 5 heterocycles. The van der Waals surface area contributed by atoms with E-state index in [9.17, 15) is 19.5 Å². The third-order valence-electron chi connectivity index (χ3n) is 10.9. The molecule has 53 heavy (non-hydrogen) atoms. The predicted octanol–water partition coefficient (Wildman–Crippen LogP) is 3.23. The number of piperazine rings is 2. The van der Waals surface area contributed by atoms with Crippen molar-refractivity contribution in [2.24, 2.45) is 0 Å². The van der Waals surface area contributed by atoms with Gasteiger partial charge in [0.05, 0.1) is 25.3 Å². The normalized spacial score (nSPS) is 23.0. The number of phenolic OH excluding ortho intramolecular Hbond substituents is 1. The topological polar surface area (TPSA) is 107 Å². The van der Waals surface area contributed by atoms with Gasteiger partial charge in [-0.05, 0) is 55.8 Å². The van der Waals surface area contributed by atoms with Crippen molar-refractivity contribution in [2.75, 3.05) is 64.3 Å². The minimum atomic E-state index is -0.837. The highest BCUT2D eigenvalue weighted by molar-refractivity contribution is 5.92. The van der Waals surface area contributed by atoms with Crippen molar-refractivity contribution < 1.29 is 19.5 Å². The fraction of sp³-hybridized carbons (Fsp3) is 0.463. The van der Waals surface area contributed by atoms with Crippen molar-refractivity contribution in [1.29, 1.82) is 0 Å². The number of benzene rings is 2. The molecule has 3 aromatic rings. The van der Waals surface area contributed by atoms with Crippen LogP contribution in [0.3, 0.4) is 0 Å². The molecule has 0 radical (unpaired) electrons. The summed E-state index contributed by atoms with van der Waals surface area (Å²) in [5.41, 5.74) is 2.62. The Morgan fingerprint density at radius 2 is 1.70 bits per heavy atom. The third kappa shape index (κ3) is 8.24. The van der Waals surface area contributed by atoms with Crippen LogP contribution in [0, 0.1) is 0 Å². The van der Waals surface area contributed by atoms with Crippen LogP contribution in [-0.4, -0.2) is 141 Å². The van der Waals surface area contributed by atoms with Crippen molar-refractivity contribution in [3.8, 4) is 5.75 Å². The molecule has 1 aromatic heterocycles. The van der Waals surface area contributed by atoms with E-state index in [2.05, 4.69) is 35.3 Å². The average molecular weight is 723 g/mol. The number of fused-ring (bicyclic) bond motifs is 1. The zero-order valence-corrected chi connectivity index (χ0v) is 30.3. The summed E-state index contributed by atoms with van der Waals surface area (Å²) in [5, 5.41) is 13.4. The van der Waals surface area contributed by atoms with Crippen molar-refractivity contribution in [1.82, 2.24) is 34.6 Å². The van der Waals surface area contributed by atoms with Crippen molar-refractivity contribution in [3.63, 3.8) is 0 Å². The SMILES string of the molecule is C.C=CCN1CC(=O)N2C(CN(Cc3cccc(N4CC(N5CCN(C)C[C@@H]5C)C4)n3)C(=O)[C@@H]2Cc2ccc(O)cc2)N1C(=O)CCc1ccccc1. The third-order valence-corrected chi connectivity index (χ3v) is 10.9. The molecule has 2 aromatic carbocycles. The fourth-order valence-electron chi connectivity index (χ4n) is 8.24. The highest BCUT2D eigenvalue weighted by Gasteiger charge is 2.51. The maximum atomic E-state index is 14.5. The molecule has 282 valence electrons. The number of nitrogens with zero attached hydrogens (tertiary/aromatic N) is 8. The standard InChI is InChI=1S/C40H50N8O4.CH4/c1-4-19-45-28-39(51)47-35(22-31-13-16-34(49)17-14-31)40(52)44(27-37(47)48(45)38(50)18-15-30-9-6-5-7-10-30)24-32-11-8-12-36(41-32)43-25-33(26-43)46-21-20-42(3)23-29(46)2;/h4-14,16-17,29,33,35,37,49H,1,15,18-28H2,2-3H3;1H4/t29-,35-,37?;/m0./s1. The largest absolute Gasteiger partial charge is 0.508 e. The number of amides is 3. The van der Waals surface area contributed by atoms with Gasteiger partial charge in [0, 0.05) is 64.2 Å². The second kappa shape index (κ2) is 16.5. The number of hydrogen-bond donors (Lipinski definition) is 1. The van der Waals surface area contributed by atoms with Gasteiger partial charge in [-0.15, -0.1) is 6.58 Å². The van der Waals surface area contributed by atoms with Crippen LogP contribution in [-0.2, 0) is 33.8 Å². The van der Waals surface area contributed by atoms with Crippen molar-refractivity contribution in [3.05, 3.63) is 102 Å². The molecular weight excluding hydrogens is 669 g/mol. The molecule has 3 amide bonds. The lowest BCUT2D eigenvalue weighted by Gasteiger charge is -2.55. The Hall–Kier alpha value is -4.78. The van der Waals surface area contributed by atoms with E-state index in [1.165, 1.54) is 0 Å². The first kappa shape index (κ1) is 38.0. The van der Waals surface area contributed by atoms with E-state index >= 15 is 0 Å². The Balaban J connectivity index is 0.00000481. The summed E-state index contributed by atoms with van der Waals surface area (Å²) in [6.07, 6.45) is 2.05. The van der Waals surface area contributed by atoms with Crippen LogP contribution < -0.4 is 4.90 Å². The zero-order chi connectivity index (χ0) is 36.4. The molecule has 12 nitrogen and oxygen atoms in total. The summed E-state index contributed by atoms with van der Waals surface area (Å²) in [7, 11) is 2.18. The molecule has 0 aliphatic carbocycles. The van der Waals surface area contributed by atoms with E-state index in [-0.39, 0.29) is 63.4 Å². The van der Waals surface area contributed by atoms with Gasteiger partial charge < -0.3 is 24.7 Å². The summed E-state index contributed by atoms with van der Waals surface area (Å²) in [6.45, 7) is 11.9.